The van der Waals surface area contributed by atoms with E-state index in [9.17, 15) is 21.6 Å². The van der Waals surface area contributed by atoms with Gasteiger partial charge >= 0.3 is 6.18 Å². The number of halogens is 4. The molecule has 0 aromatic carbocycles. The summed E-state index contributed by atoms with van der Waals surface area (Å²) in [6.45, 7) is 0.506. The average Bonchev–Trinajstić information content (AvgIpc) is 2.37. The van der Waals surface area contributed by atoms with Gasteiger partial charge in [0.15, 0.2) is 0 Å². The van der Waals surface area contributed by atoms with Gasteiger partial charge in [-0.05, 0) is 18.6 Å². The maximum atomic E-state index is 12.5. The van der Waals surface area contributed by atoms with Gasteiger partial charge in [0.05, 0.1) is 0 Å². The van der Waals surface area contributed by atoms with Crippen LogP contribution in [0.4, 0.5) is 13.2 Å². The first kappa shape index (κ1) is 18.1. The monoisotopic (exact) mass is 346 g/mol. The van der Waals surface area contributed by atoms with Crippen molar-refractivity contribution >= 4 is 21.6 Å². The predicted molar refractivity (Wildman–Crippen MR) is 70.6 cm³/mol. The van der Waals surface area contributed by atoms with E-state index < -0.39 is 31.9 Å². The smallest absolute Gasteiger partial charge is 0.385 e. The standard InChI is InChI=1S/C11H14ClF3N2O3S/c1-17(6-3-7-20-2)21(18,19)8-4-5-9(11(13,14)15)16-10(8)12/h4-5H,3,6-7H2,1-2H3. The SMILES string of the molecule is COCCCN(C)S(=O)(=O)c1ccc(C(F)(F)F)nc1Cl. The third-order valence-electron chi connectivity index (χ3n) is 2.61. The largest absolute Gasteiger partial charge is 0.433 e. The predicted octanol–water partition coefficient (Wildman–Crippen LogP) is 2.41. The van der Waals surface area contributed by atoms with E-state index in [2.05, 4.69) is 4.98 Å². The Bertz CT molecular complexity index is 593. The van der Waals surface area contributed by atoms with Crippen molar-refractivity contribution in [3.63, 3.8) is 0 Å². The van der Waals surface area contributed by atoms with E-state index in [1.165, 1.54) is 14.2 Å². The van der Waals surface area contributed by atoms with E-state index in [-0.39, 0.29) is 6.54 Å². The molecule has 0 saturated heterocycles. The number of alkyl halides is 3. The second-order valence-electron chi connectivity index (χ2n) is 4.16. The average molecular weight is 347 g/mol. The van der Waals surface area contributed by atoms with Gasteiger partial charge in [0.1, 0.15) is 15.7 Å². The van der Waals surface area contributed by atoms with Crippen molar-refractivity contribution in [3.05, 3.63) is 23.0 Å². The molecule has 0 atom stereocenters. The summed E-state index contributed by atoms with van der Waals surface area (Å²) in [6.07, 6.45) is -4.24. The quantitative estimate of drug-likeness (QED) is 0.586. The fourth-order valence-electron chi connectivity index (χ4n) is 1.49. The van der Waals surface area contributed by atoms with Gasteiger partial charge in [0.2, 0.25) is 10.0 Å². The van der Waals surface area contributed by atoms with E-state index in [4.69, 9.17) is 16.3 Å². The van der Waals surface area contributed by atoms with Gasteiger partial charge in [-0.3, -0.25) is 0 Å². The van der Waals surface area contributed by atoms with Crippen LogP contribution in [0.15, 0.2) is 17.0 Å². The maximum absolute atomic E-state index is 12.5. The number of methoxy groups -OCH3 is 1. The second-order valence-corrected chi connectivity index (χ2v) is 6.53. The summed E-state index contributed by atoms with van der Waals surface area (Å²) in [6, 6.07) is 1.39. The molecule has 0 aliphatic heterocycles. The van der Waals surface area contributed by atoms with Gasteiger partial charge in [-0.25, -0.2) is 17.7 Å². The number of aromatic nitrogens is 1. The van der Waals surface area contributed by atoms with Gasteiger partial charge in [-0.1, -0.05) is 11.6 Å². The summed E-state index contributed by atoms with van der Waals surface area (Å²) in [5.74, 6) is 0. The third kappa shape index (κ3) is 4.53. The molecule has 21 heavy (non-hydrogen) atoms. The molecule has 0 spiro atoms. The van der Waals surface area contributed by atoms with Crippen molar-refractivity contribution in [2.24, 2.45) is 0 Å². The van der Waals surface area contributed by atoms with Crippen LogP contribution in [0.25, 0.3) is 0 Å². The minimum atomic E-state index is -4.68. The number of rotatable bonds is 6. The molecule has 10 heteroatoms. The van der Waals surface area contributed by atoms with Crippen LogP contribution in [0.1, 0.15) is 12.1 Å². The first-order valence-electron chi connectivity index (χ1n) is 5.79. The highest BCUT2D eigenvalue weighted by Crippen LogP contribution is 2.31. The van der Waals surface area contributed by atoms with Crippen molar-refractivity contribution in [3.8, 4) is 0 Å². The fraction of sp³-hybridized carbons (Fsp3) is 0.545. The molecule has 0 N–H and O–H groups in total. The second kappa shape index (κ2) is 6.91. The number of hydrogen-bond donors (Lipinski definition) is 0. The van der Waals surface area contributed by atoms with Crippen LogP contribution in [0.5, 0.6) is 0 Å². The van der Waals surface area contributed by atoms with Crippen LogP contribution < -0.4 is 0 Å². The minimum Gasteiger partial charge on any atom is -0.385 e. The van der Waals surface area contributed by atoms with E-state index in [1.807, 2.05) is 0 Å². The molecule has 1 aromatic heterocycles. The molecule has 0 radical (unpaired) electrons. The molecule has 0 saturated carbocycles. The zero-order chi connectivity index (χ0) is 16.3. The Morgan fingerprint density at radius 3 is 2.48 bits per heavy atom. The first-order chi connectivity index (χ1) is 9.60. The number of hydrogen-bond acceptors (Lipinski definition) is 4. The lowest BCUT2D eigenvalue weighted by Gasteiger charge is -2.18. The summed E-state index contributed by atoms with van der Waals surface area (Å²) in [5.41, 5.74) is -1.24. The molecule has 1 rings (SSSR count). The fourth-order valence-corrected chi connectivity index (χ4v) is 3.14. The van der Waals surface area contributed by atoms with Crippen LogP contribution >= 0.6 is 11.6 Å². The molecule has 5 nitrogen and oxygen atoms in total. The minimum absolute atomic E-state index is 0.146. The Morgan fingerprint density at radius 1 is 1.38 bits per heavy atom. The molecule has 1 heterocycles. The topological polar surface area (TPSA) is 59.5 Å². The molecule has 0 aliphatic rings. The van der Waals surface area contributed by atoms with Crippen molar-refractivity contribution < 1.29 is 26.3 Å². The van der Waals surface area contributed by atoms with Crippen molar-refractivity contribution in [2.45, 2.75) is 17.5 Å². The van der Waals surface area contributed by atoms with Crippen LogP contribution in [0, 0.1) is 0 Å². The Morgan fingerprint density at radius 2 is 2.00 bits per heavy atom. The summed E-state index contributed by atoms with van der Waals surface area (Å²) < 4.78 is 67.6. The zero-order valence-electron chi connectivity index (χ0n) is 11.3. The van der Waals surface area contributed by atoms with E-state index in [1.54, 1.807) is 0 Å². The van der Waals surface area contributed by atoms with Crippen molar-refractivity contribution in [1.29, 1.82) is 0 Å². The molecule has 0 fully saturated rings. The van der Waals surface area contributed by atoms with Crippen molar-refractivity contribution in [2.75, 3.05) is 27.3 Å². The maximum Gasteiger partial charge on any atom is 0.433 e. The van der Waals surface area contributed by atoms with Gasteiger partial charge in [-0.15, -0.1) is 0 Å². The van der Waals surface area contributed by atoms with Gasteiger partial charge < -0.3 is 4.74 Å². The number of sulfonamides is 1. The lowest BCUT2D eigenvalue weighted by atomic mass is 10.3. The zero-order valence-corrected chi connectivity index (χ0v) is 12.9. The summed E-state index contributed by atoms with van der Waals surface area (Å²) in [5, 5.41) is -0.705. The van der Waals surface area contributed by atoms with Crippen LogP contribution in [-0.2, 0) is 20.9 Å². The summed E-state index contributed by atoms with van der Waals surface area (Å²) in [7, 11) is -1.21. The number of ether oxygens (including phenoxy) is 1. The van der Waals surface area contributed by atoms with E-state index in [0.717, 1.165) is 10.4 Å². The number of pyridine rings is 1. The highest BCUT2D eigenvalue weighted by molar-refractivity contribution is 7.89. The Balaban J connectivity index is 3.04. The molecule has 1 aromatic rings. The first-order valence-corrected chi connectivity index (χ1v) is 7.61. The Hall–Kier alpha value is -0.900. The Kier molecular flexibility index (Phi) is 5.97. The van der Waals surface area contributed by atoms with E-state index in [0.29, 0.717) is 19.1 Å². The summed E-state index contributed by atoms with van der Waals surface area (Å²) in [4.78, 5) is 2.64. The van der Waals surface area contributed by atoms with Gasteiger partial charge in [0.25, 0.3) is 0 Å². The van der Waals surface area contributed by atoms with Crippen LogP contribution in [0.3, 0.4) is 0 Å². The van der Waals surface area contributed by atoms with Gasteiger partial charge in [-0.2, -0.15) is 13.2 Å². The lowest BCUT2D eigenvalue weighted by Crippen LogP contribution is -2.29. The normalized spacial score (nSPS) is 12.9. The van der Waals surface area contributed by atoms with E-state index >= 15 is 0 Å². The molecule has 0 amide bonds. The van der Waals surface area contributed by atoms with Crippen molar-refractivity contribution in [1.82, 2.24) is 9.29 Å². The Labute approximate surface area is 125 Å². The molecule has 0 unspecified atom stereocenters. The van der Waals surface area contributed by atoms with Gasteiger partial charge in [0, 0.05) is 27.3 Å². The summed E-state index contributed by atoms with van der Waals surface area (Å²) >= 11 is 5.58. The molecule has 0 aliphatic carbocycles. The lowest BCUT2D eigenvalue weighted by molar-refractivity contribution is -0.141. The molecule has 0 bridgehead atoms. The molecule has 120 valence electrons. The number of nitrogens with zero attached hydrogens (tertiary/aromatic N) is 2. The molecular formula is C11H14ClF3N2O3S. The highest BCUT2D eigenvalue weighted by Gasteiger charge is 2.34. The highest BCUT2D eigenvalue weighted by atomic mass is 35.5. The third-order valence-corrected chi connectivity index (χ3v) is 4.90. The molecular weight excluding hydrogens is 333 g/mol. The van der Waals surface area contributed by atoms with Crippen LogP contribution in [0.2, 0.25) is 5.15 Å². The van der Waals surface area contributed by atoms with Crippen LogP contribution in [-0.4, -0.2) is 45.0 Å².